The number of oxazole rings is 1. The molecule has 5 heteroatoms. The summed E-state index contributed by atoms with van der Waals surface area (Å²) in [5, 5.41) is 0. The number of carbonyl (C=O) groups is 1. The molecule has 0 fully saturated rings. The lowest BCUT2D eigenvalue weighted by atomic mass is 10.1. The highest BCUT2D eigenvalue weighted by Crippen LogP contribution is 2.16. The number of aromatic nitrogens is 1. The molecular formula is C17H13NO3S. The van der Waals surface area contributed by atoms with Crippen LogP contribution in [0.15, 0.2) is 59.5 Å². The smallest absolute Gasteiger partial charge is 0.337 e. The summed E-state index contributed by atoms with van der Waals surface area (Å²) in [6, 6.07) is 6.88. The molecule has 1 aromatic heterocycles. The Labute approximate surface area is 133 Å². The van der Waals surface area contributed by atoms with Crippen molar-refractivity contribution in [3.8, 4) is 11.8 Å². The van der Waals surface area contributed by atoms with Gasteiger partial charge in [0.05, 0.1) is 18.9 Å². The molecule has 2 aromatic rings. The zero-order valence-corrected chi connectivity index (χ0v) is 12.7. The minimum Gasteiger partial charge on any atom is -0.465 e. The quantitative estimate of drug-likeness (QED) is 0.409. The minimum atomic E-state index is -0.363. The molecule has 0 amide bonds. The van der Waals surface area contributed by atoms with Gasteiger partial charge in [0.15, 0.2) is 12.2 Å². The molecule has 0 bridgehead atoms. The van der Waals surface area contributed by atoms with Gasteiger partial charge in [0.2, 0.25) is 0 Å². The number of benzene rings is 1. The summed E-state index contributed by atoms with van der Waals surface area (Å²) in [5.41, 5.74) is 1.31. The Morgan fingerprint density at radius 2 is 2.14 bits per heavy atom. The summed E-state index contributed by atoms with van der Waals surface area (Å²) in [6.45, 7) is 0. The predicted molar refractivity (Wildman–Crippen MR) is 87.3 cm³/mol. The normalized spacial score (nSPS) is 11.1. The first-order chi connectivity index (χ1) is 10.7. The monoisotopic (exact) mass is 311 g/mol. The van der Waals surface area contributed by atoms with Crippen molar-refractivity contribution in [1.29, 1.82) is 0 Å². The molecular weight excluding hydrogens is 298 g/mol. The summed E-state index contributed by atoms with van der Waals surface area (Å²) in [4.78, 5) is 15.8. The van der Waals surface area contributed by atoms with Crippen LogP contribution >= 0.6 is 12.6 Å². The third-order valence-corrected chi connectivity index (χ3v) is 3.01. The second-order valence-corrected chi connectivity index (χ2v) is 4.60. The Morgan fingerprint density at radius 3 is 2.77 bits per heavy atom. The molecule has 0 saturated heterocycles. The Bertz CT molecular complexity index is 747. The van der Waals surface area contributed by atoms with Gasteiger partial charge >= 0.3 is 5.97 Å². The van der Waals surface area contributed by atoms with E-state index in [-0.39, 0.29) is 5.97 Å². The Kier molecular flexibility index (Phi) is 5.64. The van der Waals surface area contributed by atoms with Gasteiger partial charge in [0, 0.05) is 10.5 Å². The van der Waals surface area contributed by atoms with Gasteiger partial charge in [0.1, 0.15) is 0 Å². The van der Waals surface area contributed by atoms with Crippen LogP contribution < -0.4 is 0 Å². The van der Waals surface area contributed by atoms with Crippen LogP contribution in [0.2, 0.25) is 0 Å². The first-order valence-electron chi connectivity index (χ1n) is 6.35. The van der Waals surface area contributed by atoms with Crippen molar-refractivity contribution >= 4 is 23.5 Å². The molecule has 0 aliphatic rings. The van der Waals surface area contributed by atoms with Crippen LogP contribution in [0.1, 0.15) is 21.7 Å². The number of hydrogen-bond acceptors (Lipinski definition) is 5. The van der Waals surface area contributed by atoms with E-state index in [1.54, 1.807) is 48.7 Å². The van der Waals surface area contributed by atoms with Crippen molar-refractivity contribution in [2.45, 2.75) is 0 Å². The highest BCUT2D eigenvalue weighted by Gasteiger charge is 2.02. The third-order valence-electron chi connectivity index (χ3n) is 2.64. The van der Waals surface area contributed by atoms with Crippen LogP contribution in [0.3, 0.4) is 0 Å². The van der Waals surface area contributed by atoms with E-state index in [1.165, 1.54) is 13.5 Å². The molecule has 0 spiro atoms. The third kappa shape index (κ3) is 4.40. The van der Waals surface area contributed by atoms with Crippen molar-refractivity contribution in [3.63, 3.8) is 0 Å². The topological polar surface area (TPSA) is 52.3 Å². The number of nitrogens with zero attached hydrogens (tertiary/aromatic N) is 1. The van der Waals surface area contributed by atoms with Gasteiger partial charge in [-0.15, -0.1) is 12.6 Å². The van der Waals surface area contributed by atoms with Crippen molar-refractivity contribution in [2.75, 3.05) is 7.11 Å². The fourth-order valence-corrected chi connectivity index (χ4v) is 1.74. The van der Waals surface area contributed by atoms with Crippen LogP contribution in [-0.4, -0.2) is 18.1 Å². The van der Waals surface area contributed by atoms with E-state index in [2.05, 4.69) is 34.2 Å². The number of esters is 1. The van der Waals surface area contributed by atoms with Crippen LogP contribution in [0.25, 0.3) is 4.91 Å². The molecule has 0 N–H and O–H groups in total. The second kappa shape index (κ2) is 7.91. The van der Waals surface area contributed by atoms with Crippen molar-refractivity contribution in [1.82, 2.24) is 4.98 Å². The number of hydrogen-bond donors (Lipinski definition) is 1. The van der Waals surface area contributed by atoms with E-state index in [0.29, 0.717) is 16.2 Å². The van der Waals surface area contributed by atoms with E-state index in [1.807, 2.05) is 0 Å². The van der Waals surface area contributed by atoms with Gasteiger partial charge in [-0.2, -0.15) is 0 Å². The molecule has 22 heavy (non-hydrogen) atoms. The SMILES string of the molecule is COC(=O)c1ccc(C#C/C=C/C=C(\S)c2cnco2)cc1. The lowest BCUT2D eigenvalue weighted by Crippen LogP contribution is -2.00. The molecule has 0 saturated carbocycles. The minimum absolute atomic E-state index is 0.363. The average Bonchev–Trinajstić information content (AvgIpc) is 3.09. The van der Waals surface area contributed by atoms with Crippen LogP contribution in [-0.2, 0) is 4.74 Å². The molecule has 110 valence electrons. The second-order valence-electron chi connectivity index (χ2n) is 4.11. The molecule has 0 unspecified atom stereocenters. The highest BCUT2D eigenvalue weighted by molar-refractivity contribution is 7.90. The van der Waals surface area contributed by atoms with Gasteiger partial charge in [-0.1, -0.05) is 17.9 Å². The van der Waals surface area contributed by atoms with Gasteiger partial charge in [0.25, 0.3) is 0 Å². The zero-order chi connectivity index (χ0) is 15.8. The predicted octanol–water partition coefficient (Wildman–Crippen LogP) is 3.34. The first kappa shape index (κ1) is 15.7. The number of methoxy groups -OCH3 is 1. The van der Waals surface area contributed by atoms with E-state index in [0.717, 1.165) is 5.56 Å². The molecule has 2 rings (SSSR count). The number of carbonyl (C=O) groups excluding carboxylic acids is 1. The zero-order valence-electron chi connectivity index (χ0n) is 11.8. The average molecular weight is 311 g/mol. The molecule has 1 aromatic carbocycles. The number of rotatable bonds is 3. The molecule has 0 aliphatic carbocycles. The lowest BCUT2D eigenvalue weighted by Gasteiger charge is -1.97. The standard InChI is InChI=1S/C17H13NO3S/c1-20-17(19)14-9-7-13(8-10-14)5-3-2-4-6-16(22)15-11-18-12-21-15/h2,4,6-12,22H,1H3/b4-2+,16-6-. The largest absolute Gasteiger partial charge is 0.465 e. The summed E-state index contributed by atoms with van der Waals surface area (Å²) in [6.07, 6.45) is 8.16. The van der Waals surface area contributed by atoms with Gasteiger partial charge in [-0.25, -0.2) is 9.78 Å². The van der Waals surface area contributed by atoms with E-state index < -0.39 is 0 Å². The molecule has 0 aliphatic heterocycles. The van der Waals surface area contributed by atoms with Crippen molar-refractivity contribution in [3.05, 3.63) is 72.0 Å². The first-order valence-corrected chi connectivity index (χ1v) is 6.80. The fourth-order valence-electron chi connectivity index (χ4n) is 1.54. The number of thiol groups is 1. The van der Waals surface area contributed by atoms with E-state index >= 15 is 0 Å². The summed E-state index contributed by atoms with van der Waals surface area (Å²) >= 11 is 4.28. The Morgan fingerprint density at radius 1 is 1.36 bits per heavy atom. The Hall–Kier alpha value is -2.71. The van der Waals surface area contributed by atoms with E-state index in [4.69, 9.17) is 4.42 Å². The highest BCUT2D eigenvalue weighted by atomic mass is 32.1. The maximum atomic E-state index is 11.3. The molecule has 0 radical (unpaired) electrons. The molecule has 4 nitrogen and oxygen atoms in total. The van der Waals surface area contributed by atoms with Gasteiger partial charge < -0.3 is 9.15 Å². The van der Waals surface area contributed by atoms with E-state index in [9.17, 15) is 4.79 Å². The maximum absolute atomic E-state index is 11.3. The van der Waals surface area contributed by atoms with Gasteiger partial charge in [-0.05, 0) is 36.4 Å². The maximum Gasteiger partial charge on any atom is 0.337 e. The van der Waals surface area contributed by atoms with Crippen molar-refractivity contribution in [2.24, 2.45) is 0 Å². The van der Waals surface area contributed by atoms with Crippen LogP contribution in [0, 0.1) is 11.8 Å². The molecule has 1 heterocycles. The summed E-state index contributed by atoms with van der Waals surface area (Å²) < 4.78 is 9.73. The lowest BCUT2D eigenvalue weighted by molar-refractivity contribution is 0.0600. The summed E-state index contributed by atoms with van der Waals surface area (Å²) in [7, 11) is 1.35. The fraction of sp³-hybridized carbons (Fsp3) is 0.0588. The Balaban J connectivity index is 1.97. The summed E-state index contributed by atoms with van der Waals surface area (Å²) in [5.74, 6) is 6.09. The van der Waals surface area contributed by atoms with Crippen LogP contribution in [0.4, 0.5) is 0 Å². The van der Waals surface area contributed by atoms with Crippen molar-refractivity contribution < 1.29 is 13.9 Å². The van der Waals surface area contributed by atoms with Gasteiger partial charge in [-0.3, -0.25) is 0 Å². The number of ether oxygens (including phenoxy) is 1. The van der Waals surface area contributed by atoms with Crippen LogP contribution in [0.5, 0.6) is 0 Å². The molecule has 0 atom stereocenters. The number of allylic oxidation sites excluding steroid dienone is 3.